The van der Waals surface area contributed by atoms with Gasteiger partial charge in [0.1, 0.15) is 0 Å². The number of thioether (sulfide) groups is 1. The van der Waals surface area contributed by atoms with Gasteiger partial charge in [0.25, 0.3) is 0 Å². The molecule has 140 valence electrons. The highest BCUT2D eigenvalue weighted by molar-refractivity contribution is 7.99. The molecule has 0 aliphatic heterocycles. The lowest BCUT2D eigenvalue weighted by molar-refractivity contribution is 0.186. The van der Waals surface area contributed by atoms with Crippen LogP contribution in [0.4, 0.5) is 0 Å². The first-order valence-electron chi connectivity index (χ1n) is 8.53. The minimum Gasteiger partial charge on any atom is -0.408 e. The van der Waals surface area contributed by atoms with Crippen LogP contribution in [0.2, 0.25) is 5.02 Å². The zero-order valence-corrected chi connectivity index (χ0v) is 16.3. The highest BCUT2D eigenvalue weighted by Crippen LogP contribution is 2.26. The Labute approximate surface area is 164 Å². The maximum absolute atomic E-state index is 12.1. The van der Waals surface area contributed by atoms with Gasteiger partial charge in [0.2, 0.25) is 0 Å². The van der Waals surface area contributed by atoms with Crippen molar-refractivity contribution in [3.05, 3.63) is 58.0 Å². The molecule has 0 amide bonds. The summed E-state index contributed by atoms with van der Waals surface area (Å²) in [5.74, 6) is 0.351. The third-order valence-corrected chi connectivity index (χ3v) is 5.51. The molecule has 0 aliphatic rings. The molecule has 0 fully saturated rings. The minimum absolute atomic E-state index is 0.337. The summed E-state index contributed by atoms with van der Waals surface area (Å²) in [6.45, 7) is 1.83. The molecule has 2 aromatic carbocycles. The van der Waals surface area contributed by atoms with E-state index in [0.717, 1.165) is 21.7 Å². The molecule has 0 N–H and O–H groups in total. The highest BCUT2D eigenvalue weighted by Gasteiger charge is 2.13. The lowest BCUT2D eigenvalue weighted by atomic mass is 10.3. The summed E-state index contributed by atoms with van der Waals surface area (Å²) in [5, 5.41) is 1.54. The fourth-order valence-electron chi connectivity index (χ4n) is 3.04. The topological polar surface area (TPSA) is 62.2 Å². The maximum Gasteiger partial charge on any atom is 0.419 e. The molecule has 0 spiro atoms. The molecule has 27 heavy (non-hydrogen) atoms. The molecule has 2 aromatic heterocycles. The Morgan fingerprint density at radius 2 is 2.00 bits per heavy atom. The molecule has 0 atom stereocenters. The second-order valence-corrected chi connectivity index (χ2v) is 7.51. The van der Waals surface area contributed by atoms with Crippen molar-refractivity contribution >= 4 is 45.5 Å². The zero-order valence-electron chi connectivity index (χ0n) is 14.7. The van der Waals surface area contributed by atoms with Crippen LogP contribution in [0, 0.1) is 0 Å². The van der Waals surface area contributed by atoms with Crippen molar-refractivity contribution in [2.75, 3.05) is 19.5 Å². The predicted octanol–water partition coefficient (Wildman–Crippen LogP) is 4.04. The summed E-state index contributed by atoms with van der Waals surface area (Å²) in [7, 11) is 1.68. The average Bonchev–Trinajstić information content (AvgIpc) is 3.16. The molecule has 0 saturated heterocycles. The minimum atomic E-state index is -0.337. The van der Waals surface area contributed by atoms with Crippen LogP contribution >= 0.6 is 23.4 Å². The summed E-state index contributed by atoms with van der Waals surface area (Å²) in [4.78, 5) is 16.8. The van der Waals surface area contributed by atoms with Crippen molar-refractivity contribution in [3.8, 4) is 0 Å². The molecule has 4 rings (SSSR count). The van der Waals surface area contributed by atoms with Crippen molar-refractivity contribution in [1.29, 1.82) is 0 Å². The number of rotatable bonds is 7. The number of aryl methyl sites for hydroxylation is 1. The first-order chi connectivity index (χ1) is 13.2. The van der Waals surface area contributed by atoms with Crippen LogP contribution in [-0.2, 0) is 17.8 Å². The summed E-state index contributed by atoms with van der Waals surface area (Å²) in [6.07, 6.45) is 0. The van der Waals surface area contributed by atoms with E-state index in [0.29, 0.717) is 36.1 Å². The van der Waals surface area contributed by atoms with Crippen LogP contribution in [-0.4, -0.2) is 33.6 Å². The van der Waals surface area contributed by atoms with Crippen molar-refractivity contribution < 1.29 is 9.15 Å². The molecule has 0 radical (unpaired) electrons. The van der Waals surface area contributed by atoms with Crippen LogP contribution < -0.4 is 5.76 Å². The molecule has 2 heterocycles. The third kappa shape index (κ3) is 3.63. The average molecular weight is 404 g/mol. The van der Waals surface area contributed by atoms with Gasteiger partial charge in [-0.25, -0.2) is 9.78 Å². The van der Waals surface area contributed by atoms with Gasteiger partial charge >= 0.3 is 5.76 Å². The van der Waals surface area contributed by atoms with Gasteiger partial charge in [-0.2, -0.15) is 0 Å². The molecule has 0 unspecified atom stereocenters. The standard InChI is InChI=1S/C19H18ClN3O3S/c1-25-10-8-22-15-7-6-13(20)12-14(15)21-18(22)27-11-9-23-16-4-2-3-5-17(16)26-19(23)24/h2-7,12H,8-11H2,1H3. The number of fused-ring (bicyclic) bond motifs is 2. The number of oxazole rings is 1. The predicted molar refractivity (Wildman–Crippen MR) is 108 cm³/mol. The monoisotopic (exact) mass is 403 g/mol. The number of para-hydroxylation sites is 2. The Morgan fingerprint density at radius 1 is 1.15 bits per heavy atom. The molecule has 6 nitrogen and oxygen atoms in total. The van der Waals surface area contributed by atoms with Crippen LogP contribution in [0.25, 0.3) is 22.1 Å². The largest absolute Gasteiger partial charge is 0.419 e. The Bertz CT molecular complexity index is 1150. The van der Waals surface area contributed by atoms with Crippen molar-refractivity contribution in [2.24, 2.45) is 0 Å². The second-order valence-electron chi connectivity index (χ2n) is 6.01. The van der Waals surface area contributed by atoms with E-state index in [1.165, 1.54) is 0 Å². The first-order valence-corrected chi connectivity index (χ1v) is 9.89. The van der Waals surface area contributed by atoms with E-state index in [9.17, 15) is 4.79 Å². The normalized spacial score (nSPS) is 11.6. The first kappa shape index (κ1) is 18.2. The Balaban J connectivity index is 1.57. The molecule has 0 bridgehead atoms. The van der Waals surface area contributed by atoms with Crippen LogP contribution in [0.15, 0.2) is 56.8 Å². The SMILES string of the molecule is COCCn1c(SCCn2c(=O)oc3ccccc32)nc2cc(Cl)ccc21. The number of ether oxygens (including phenoxy) is 1. The van der Waals surface area contributed by atoms with Gasteiger partial charge in [-0.15, -0.1) is 0 Å². The van der Waals surface area contributed by atoms with Gasteiger partial charge in [-0.05, 0) is 30.3 Å². The number of aromatic nitrogens is 3. The van der Waals surface area contributed by atoms with E-state index in [1.807, 2.05) is 36.4 Å². The number of benzene rings is 2. The Morgan fingerprint density at radius 3 is 2.85 bits per heavy atom. The fourth-order valence-corrected chi connectivity index (χ4v) is 4.17. The Kier molecular flexibility index (Phi) is 5.24. The third-order valence-electron chi connectivity index (χ3n) is 4.31. The molecule has 0 saturated carbocycles. The summed E-state index contributed by atoms with van der Waals surface area (Å²) in [6, 6.07) is 13.1. The van der Waals surface area contributed by atoms with Gasteiger partial charge in [-0.1, -0.05) is 35.5 Å². The number of methoxy groups -OCH3 is 1. The quantitative estimate of drug-likeness (QED) is 0.436. The highest BCUT2D eigenvalue weighted by atomic mass is 35.5. The summed E-state index contributed by atoms with van der Waals surface area (Å²) in [5.41, 5.74) is 3.29. The van der Waals surface area contributed by atoms with Crippen LogP contribution in [0.3, 0.4) is 0 Å². The summed E-state index contributed by atoms with van der Waals surface area (Å²) >= 11 is 7.70. The van der Waals surface area contributed by atoms with Gasteiger partial charge in [0.15, 0.2) is 10.7 Å². The molecule has 8 heteroatoms. The number of hydrogen-bond acceptors (Lipinski definition) is 5. The number of nitrogens with zero attached hydrogens (tertiary/aromatic N) is 3. The number of imidazole rings is 1. The van der Waals surface area contributed by atoms with Gasteiger partial charge in [-0.3, -0.25) is 4.57 Å². The van der Waals surface area contributed by atoms with Crippen molar-refractivity contribution in [2.45, 2.75) is 18.2 Å². The van der Waals surface area contributed by atoms with E-state index < -0.39 is 0 Å². The van der Waals surface area contributed by atoms with E-state index in [-0.39, 0.29) is 5.76 Å². The fraction of sp³-hybridized carbons (Fsp3) is 0.263. The summed E-state index contributed by atoms with van der Waals surface area (Å²) < 4.78 is 14.3. The lowest BCUT2D eigenvalue weighted by Gasteiger charge is -2.08. The lowest BCUT2D eigenvalue weighted by Crippen LogP contribution is -2.15. The van der Waals surface area contributed by atoms with E-state index in [2.05, 4.69) is 4.57 Å². The maximum atomic E-state index is 12.1. The molecule has 4 aromatic rings. The van der Waals surface area contributed by atoms with Gasteiger partial charge in [0, 0.05) is 31.0 Å². The Hall–Kier alpha value is -2.22. The molecule has 0 aliphatic carbocycles. The molecular weight excluding hydrogens is 386 g/mol. The van der Waals surface area contributed by atoms with Crippen LogP contribution in [0.5, 0.6) is 0 Å². The number of hydrogen-bond donors (Lipinski definition) is 0. The van der Waals surface area contributed by atoms with Crippen molar-refractivity contribution in [1.82, 2.24) is 14.1 Å². The van der Waals surface area contributed by atoms with Crippen LogP contribution in [0.1, 0.15) is 0 Å². The second kappa shape index (κ2) is 7.80. The molecular formula is C19H18ClN3O3S. The smallest absolute Gasteiger partial charge is 0.408 e. The zero-order chi connectivity index (χ0) is 18.8. The van der Waals surface area contributed by atoms with E-state index in [4.69, 9.17) is 25.7 Å². The van der Waals surface area contributed by atoms with E-state index >= 15 is 0 Å². The van der Waals surface area contributed by atoms with Gasteiger partial charge in [0.05, 0.1) is 23.2 Å². The number of halogens is 1. The van der Waals surface area contributed by atoms with Crippen molar-refractivity contribution in [3.63, 3.8) is 0 Å². The van der Waals surface area contributed by atoms with E-state index in [1.54, 1.807) is 29.5 Å². The van der Waals surface area contributed by atoms with Gasteiger partial charge < -0.3 is 13.7 Å².